The van der Waals surface area contributed by atoms with Crippen LogP contribution in [0.3, 0.4) is 0 Å². The number of fused-ring (bicyclic) bond motifs is 3. The summed E-state index contributed by atoms with van der Waals surface area (Å²) in [5.74, 6) is 2.20. The van der Waals surface area contributed by atoms with Crippen LogP contribution in [0.4, 0.5) is 5.82 Å². The molecule has 3 nitrogen and oxygen atoms in total. The minimum Gasteiger partial charge on any atom is -0.356 e. The molecular formula is C22H25N3S. The number of thiophene rings is 1. The van der Waals surface area contributed by atoms with E-state index in [-0.39, 0.29) is 0 Å². The summed E-state index contributed by atoms with van der Waals surface area (Å²) in [7, 11) is 0. The van der Waals surface area contributed by atoms with Gasteiger partial charge in [-0.3, -0.25) is 0 Å². The molecule has 1 aliphatic heterocycles. The van der Waals surface area contributed by atoms with Crippen LogP contribution < -0.4 is 4.90 Å². The van der Waals surface area contributed by atoms with E-state index in [9.17, 15) is 0 Å². The van der Waals surface area contributed by atoms with E-state index >= 15 is 0 Å². The second-order valence-electron chi connectivity index (χ2n) is 7.56. The fourth-order valence-corrected chi connectivity index (χ4v) is 5.65. The average molecular weight is 364 g/mol. The van der Waals surface area contributed by atoms with Gasteiger partial charge in [-0.2, -0.15) is 0 Å². The SMILES string of the molecule is c1ccc(Cc2nc(N3CCCCC3)c3c4c(sc3n2)CCCC4)cc1. The Kier molecular flexibility index (Phi) is 4.37. The summed E-state index contributed by atoms with van der Waals surface area (Å²) >= 11 is 1.92. The maximum absolute atomic E-state index is 5.12. The summed E-state index contributed by atoms with van der Waals surface area (Å²) in [6.07, 6.45) is 9.80. The number of hydrogen-bond acceptors (Lipinski definition) is 4. The van der Waals surface area contributed by atoms with Crippen LogP contribution in [0.1, 0.15) is 53.9 Å². The Morgan fingerprint density at radius 2 is 1.69 bits per heavy atom. The summed E-state index contributed by atoms with van der Waals surface area (Å²) in [5, 5.41) is 1.38. The molecule has 0 bridgehead atoms. The Morgan fingerprint density at radius 1 is 0.885 bits per heavy atom. The van der Waals surface area contributed by atoms with Crippen molar-refractivity contribution in [2.24, 2.45) is 0 Å². The predicted molar refractivity (Wildman–Crippen MR) is 109 cm³/mol. The lowest BCUT2D eigenvalue weighted by molar-refractivity contribution is 0.573. The Balaban J connectivity index is 1.63. The number of nitrogens with zero attached hydrogens (tertiary/aromatic N) is 3. The van der Waals surface area contributed by atoms with Crippen molar-refractivity contribution in [2.75, 3.05) is 18.0 Å². The van der Waals surface area contributed by atoms with Gasteiger partial charge in [0.15, 0.2) is 0 Å². The summed E-state index contributed by atoms with van der Waals surface area (Å²) in [6.45, 7) is 2.28. The van der Waals surface area contributed by atoms with Gasteiger partial charge in [0.25, 0.3) is 0 Å². The van der Waals surface area contributed by atoms with E-state index in [1.54, 1.807) is 10.4 Å². The second kappa shape index (κ2) is 6.99. The quantitative estimate of drug-likeness (QED) is 0.644. The normalized spacial score (nSPS) is 17.5. The predicted octanol–water partition coefficient (Wildman–Crippen LogP) is 5.15. The van der Waals surface area contributed by atoms with Crippen molar-refractivity contribution in [3.63, 3.8) is 0 Å². The smallest absolute Gasteiger partial charge is 0.141 e. The lowest BCUT2D eigenvalue weighted by Gasteiger charge is -2.29. The molecule has 0 N–H and O–H groups in total. The third kappa shape index (κ3) is 3.01. The van der Waals surface area contributed by atoms with Crippen molar-refractivity contribution in [3.05, 3.63) is 52.2 Å². The standard InChI is InChI=1S/C22H25N3S/c1-3-9-16(10-4-1)15-19-23-21(25-13-7-2-8-14-25)20-17-11-5-6-12-18(17)26-22(20)24-19/h1,3-4,9-10H,2,5-8,11-15H2. The molecule has 0 saturated carbocycles. The molecule has 0 unspecified atom stereocenters. The Bertz CT molecular complexity index is 910. The summed E-state index contributed by atoms with van der Waals surface area (Å²) < 4.78 is 0. The first-order valence-electron chi connectivity index (χ1n) is 9.98. The van der Waals surface area contributed by atoms with Crippen molar-refractivity contribution in [2.45, 2.75) is 51.4 Å². The first kappa shape index (κ1) is 16.2. The highest BCUT2D eigenvalue weighted by Crippen LogP contribution is 2.40. The maximum Gasteiger partial charge on any atom is 0.141 e. The molecule has 3 aromatic rings. The van der Waals surface area contributed by atoms with Gasteiger partial charge in [0, 0.05) is 24.4 Å². The zero-order chi connectivity index (χ0) is 17.3. The molecule has 1 aliphatic carbocycles. The highest BCUT2D eigenvalue weighted by molar-refractivity contribution is 7.19. The molecule has 0 radical (unpaired) electrons. The number of aryl methyl sites for hydroxylation is 2. The van der Waals surface area contributed by atoms with Crippen LogP contribution in [-0.2, 0) is 19.3 Å². The van der Waals surface area contributed by atoms with Gasteiger partial charge >= 0.3 is 0 Å². The minimum absolute atomic E-state index is 0.820. The van der Waals surface area contributed by atoms with Crippen molar-refractivity contribution in [3.8, 4) is 0 Å². The van der Waals surface area contributed by atoms with E-state index in [1.807, 2.05) is 11.3 Å². The van der Waals surface area contributed by atoms with E-state index in [0.29, 0.717) is 0 Å². The highest BCUT2D eigenvalue weighted by Gasteiger charge is 2.24. The molecule has 0 atom stereocenters. The summed E-state index contributed by atoms with van der Waals surface area (Å²) in [5.41, 5.74) is 2.85. The fraction of sp³-hybridized carbons (Fsp3) is 0.455. The molecule has 1 saturated heterocycles. The van der Waals surface area contributed by atoms with Gasteiger partial charge in [0.2, 0.25) is 0 Å². The first-order chi connectivity index (χ1) is 12.9. The molecule has 5 rings (SSSR count). The Hall–Kier alpha value is -1.94. The third-order valence-electron chi connectivity index (χ3n) is 5.70. The number of hydrogen-bond donors (Lipinski definition) is 0. The van der Waals surface area contributed by atoms with Gasteiger partial charge in [-0.05, 0) is 56.1 Å². The Morgan fingerprint density at radius 3 is 2.54 bits per heavy atom. The van der Waals surface area contributed by atoms with E-state index < -0.39 is 0 Å². The van der Waals surface area contributed by atoms with Crippen molar-refractivity contribution in [1.29, 1.82) is 0 Å². The van der Waals surface area contributed by atoms with Crippen LogP contribution >= 0.6 is 11.3 Å². The largest absolute Gasteiger partial charge is 0.356 e. The first-order valence-corrected chi connectivity index (χ1v) is 10.8. The van der Waals surface area contributed by atoms with Crippen molar-refractivity contribution < 1.29 is 0 Å². The maximum atomic E-state index is 5.12. The van der Waals surface area contributed by atoms with E-state index in [4.69, 9.17) is 9.97 Å². The lowest BCUT2D eigenvalue weighted by atomic mass is 9.96. The zero-order valence-corrected chi connectivity index (χ0v) is 16.0. The van der Waals surface area contributed by atoms with Gasteiger partial charge in [-0.15, -0.1) is 11.3 Å². The topological polar surface area (TPSA) is 29.0 Å². The molecule has 134 valence electrons. The van der Waals surface area contributed by atoms with E-state index in [1.165, 1.54) is 66.5 Å². The molecule has 2 aliphatic rings. The van der Waals surface area contributed by atoms with Crippen LogP contribution in [-0.4, -0.2) is 23.1 Å². The Labute approximate surface area is 159 Å². The number of rotatable bonds is 3. The molecule has 1 fully saturated rings. The van der Waals surface area contributed by atoms with Gasteiger partial charge in [-0.1, -0.05) is 30.3 Å². The molecular weight excluding hydrogens is 338 g/mol. The van der Waals surface area contributed by atoms with Gasteiger partial charge < -0.3 is 4.90 Å². The number of anilines is 1. The molecule has 0 spiro atoms. The van der Waals surface area contributed by atoms with Crippen LogP contribution in [0.2, 0.25) is 0 Å². The third-order valence-corrected chi connectivity index (χ3v) is 6.89. The number of aromatic nitrogens is 2. The molecule has 1 aromatic carbocycles. The second-order valence-corrected chi connectivity index (χ2v) is 8.65. The number of benzene rings is 1. The fourth-order valence-electron chi connectivity index (χ4n) is 4.37. The van der Waals surface area contributed by atoms with Crippen LogP contribution in [0.25, 0.3) is 10.2 Å². The minimum atomic E-state index is 0.820. The van der Waals surface area contributed by atoms with Crippen LogP contribution in [0.15, 0.2) is 30.3 Å². The highest BCUT2D eigenvalue weighted by atomic mass is 32.1. The molecule has 0 amide bonds. The summed E-state index contributed by atoms with van der Waals surface area (Å²) in [4.78, 5) is 15.5. The number of piperidine rings is 1. The van der Waals surface area contributed by atoms with Crippen molar-refractivity contribution >= 4 is 27.4 Å². The molecule has 26 heavy (non-hydrogen) atoms. The lowest BCUT2D eigenvalue weighted by Crippen LogP contribution is -2.30. The van der Waals surface area contributed by atoms with Crippen LogP contribution in [0.5, 0.6) is 0 Å². The van der Waals surface area contributed by atoms with Crippen LogP contribution in [0, 0.1) is 0 Å². The molecule has 3 heterocycles. The average Bonchev–Trinajstić information content (AvgIpc) is 3.07. The zero-order valence-electron chi connectivity index (χ0n) is 15.2. The monoisotopic (exact) mass is 363 g/mol. The van der Waals surface area contributed by atoms with E-state index in [0.717, 1.165) is 25.3 Å². The van der Waals surface area contributed by atoms with E-state index in [2.05, 4.69) is 35.2 Å². The molecule has 4 heteroatoms. The van der Waals surface area contributed by atoms with Gasteiger partial charge in [-0.25, -0.2) is 9.97 Å². The van der Waals surface area contributed by atoms with Gasteiger partial charge in [0.1, 0.15) is 16.5 Å². The van der Waals surface area contributed by atoms with Gasteiger partial charge in [0.05, 0.1) is 5.39 Å². The summed E-state index contributed by atoms with van der Waals surface area (Å²) in [6, 6.07) is 10.6. The van der Waals surface area contributed by atoms with Crippen molar-refractivity contribution in [1.82, 2.24) is 9.97 Å². The molecule has 2 aromatic heterocycles.